The Morgan fingerprint density at radius 3 is 2.69 bits per heavy atom. The summed E-state index contributed by atoms with van der Waals surface area (Å²) in [5, 5.41) is 7.61. The van der Waals surface area contributed by atoms with Crippen molar-refractivity contribution < 1.29 is 9.53 Å². The molecule has 0 saturated carbocycles. The van der Waals surface area contributed by atoms with E-state index in [4.69, 9.17) is 9.72 Å². The van der Waals surface area contributed by atoms with Crippen LogP contribution in [0.5, 0.6) is 5.75 Å². The van der Waals surface area contributed by atoms with Crippen molar-refractivity contribution in [2.75, 3.05) is 13.7 Å². The van der Waals surface area contributed by atoms with Crippen LogP contribution in [-0.2, 0) is 12.8 Å². The van der Waals surface area contributed by atoms with E-state index < -0.39 is 0 Å². The normalized spacial score (nSPS) is 18.3. The number of benzene rings is 1. The Morgan fingerprint density at radius 2 is 1.88 bits per heavy atom. The van der Waals surface area contributed by atoms with Crippen LogP contribution in [0.3, 0.4) is 0 Å². The molecule has 0 spiro atoms. The second-order valence-corrected chi connectivity index (χ2v) is 8.90. The first-order valence-electron chi connectivity index (χ1n) is 11.6. The van der Waals surface area contributed by atoms with Crippen LogP contribution in [-0.4, -0.2) is 39.6 Å². The highest BCUT2D eigenvalue weighted by molar-refractivity contribution is 5.94. The number of hydrogen-bond acceptors (Lipinski definition) is 4. The minimum Gasteiger partial charge on any atom is -0.497 e. The lowest BCUT2D eigenvalue weighted by Crippen LogP contribution is -2.32. The Balaban J connectivity index is 1.45. The van der Waals surface area contributed by atoms with E-state index in [0.29, 0.717) is 5.69 Å². The predicted molar refractivity (Wildman–Crippen MR) is 124 cm³/mol. The number of aromatic amines is 1. The monoisotopic (exact) mass is 430 g/mol. The lowest BCUT2D eigenvalue weighted by molar-refractivity contribution is 0.0725. The third-order valence-corrected chi connectivity index (χ3v) is 6.76. The zero-order chi connectivity index (χ0) is 22.1. The Labute approximate surface area is 189 Å². The number of fused-ring (bicyclic) bond motifs is 1. The number of nitrogens with one attached hydrogen (secondary N) is 1. The summed E-state index contributed by atoms with van der Waals surface area (Å²) in [4.78, 5) is 20.4. The number of rotatable bonds is 4. The van der Waals surface area contributed by atoms with Gasteiger partial charge in [-0.25, -0.2) is 0 Å². The number of carbonyl (C=O) groups is 1. The molecule has 166 valence electrons. The van der Waals surface area contributed by atoms with E-state index >= 15 is 0 Å². The Kier molecular flexibility index (Phi) is 5.68. The number of hydrogen-bond donors (Lipinski definition) is 1. The molecule has 1 saturated heterocycles. The first kappa shape index (κ1) is 20.7. The van der Waals surface area contributed by atoms with Gasteiger partial charge in [0, 0.05) is 23.5 Å². The van der Waals surface area contributed by atoms with E-state index in [9.17, 15) is 4.79 Å². The molecule has 6 nitrogen and oxygen atoms in total. The second-order valence-electron chi connectivity index (χ2n) is 8.90. The maximum atomic E-state index is 13.6. The van der Waals surface area contributed by atoms with Crippen LogP contribution in [0.25, 0.3) is 11.1 Å². The lowest BCUT2D eigenvalue weighted by atomic mass is 10.0. The molecule has 1 aliphatic carbocycles. The molecule has 1 amide bonds. The SMILES string of the molecule is COc1ccc(-c2cc(C)nc([C@H]3CCCN3C(=O)c3n[nH]c4c3CCCCC4)c2)cc1. The van der Waals surface area contributed by atoms with Crippen LogP contribution in [0.4, 0.5) is 0 Å². The molecular weight excluding hydrogens is 400 g/mol. The average Bonchev–Trinajstić information content (AvgIpc) is 3.40. The molecule has 2 aromatic heterocycles. The van der Waals surface area contributed by atoms with Crippen LogP contribution in [0.2, 0.25) is 0 Å². The maximum Gasteiger partial charge on any atom is 0.275 e. The highest BCUT2D eigenvalue weighted by Crippen LogP contribution is 2.35. The standard InChI is InChI=1S/C26H30N4O2/c1-17-15-19(18-10-12-20(32-2)13-11-18)16-23(27-17)24-9-6-14-30(24)26(31)25-21-7-4-3-5-8-22(21)28-29-25/h10-13,15-16,24H,3-9,14H2,1-2H3,(H,28,29)/t24-/m1/s1. The summed E-state index contributed by atoms with van der Waals surface area (Å²) in [6.45, 7) is 2.77. The summed E-state index contributed by atoms with van der Waals surface area (Å²) in [5.41, 5.74) is 7.06. The van der Waals surface area contributed by atoms with Gasteiger partial charge in [0.15, 0.2) is 5.69 Å². The third-order valence-electron chi connectivity index (χ3n) is 6.76. The molecule has 3 aromatic rings. The largest absolute Gasteiger partial charge is 0.497 e. The van der Waals surface area contributed by atoms with Gasteiger partial charge >= 0.3 is 0 Å². The molecule has 1 aromatic carbocycles. The van der Waals surface area contributed by atoms with Crippen molar-refractivity contribution in [3.63, 3.8) is 0 Å². The van der Waals surface area contributed by atoms with Crippen LogP contribution < -0.4 is 4.74 Å². The lowest BCUT2D eigenvalue weighted by Gasteiger charge is -2.25. The van der Waals surface area contributed by atoms with Gasteiger partial charge in [0.2, 0.25) is 0 Å². The molecule has 3 heterocycles. The fraction of sp³-hybridized carbons (Fsp3) is 0.423. The fourth-order valence-electron chi connectivity index (χ4n) is 5.10. The van der Waals surface area contributed by atoms with E-state index in [1.807, 2.05) is 24.0 Å². The van der Waals surface area contributed by atoms with Crippen molar-refractivity contribution in [2.24, 2.45) is 0 Å². The van der Waals surface area contributed by atoms with Gasteiger partial charge in [-0.1, -0.05) is 18.6 Å². The molecule has 0 bridgehead atoms. The number of carbonyl (C=O) groups excluding carboxylic acids is 1. The first-order valence-corrected chi connectivity index (χ1v) is 11.6. The number of ether oxygens (including phenoxy) is 1. The first-order chi connectivity index (χ1) is 15.6. The Bertz CT molecular complexity index is 1120. The van der Waals surface area contributed by atoms with Gasteiger partial charge in [0.25, 0.3) is 5.91 Å². The maximum absolute atomic E-state index is 13.6. The number of H-pyrrole nitrogens is 1. The van der Waals surface area contributed by atoms with E-state index in [2.05, 4.69) is 34.5 Å². The smallest absolute Gasteiger partial charge is 0.275 e. The fourth-order valence-corrected chi connectivity index (χ4v) is 5.10. The number of pyridine rings is 1. The summed E-state index contributed by atoms with van der Waals surface area (Å²) in [6, 6.07) is 12.3. The number of amides is 1. The van der Waals surface area contributed by atoms with Crippen molar-refractivity contribution in [1.29, 1.82) is 0 Å². The average molecular weight is 431 g/mol. The van der Waals surface area contributed by atoms with Gasteiger partial charge in [-0.15, -0.1) is 0 Å². The van der Waals surface area contributed by atoms with Crippen molar-refractivity contribution >= 4 is 5.91 Å². The third kappa shape index (κ3) is 3.90. The molecule has 32 heavy (non-hydrogen) atoms. The summed E-state index contributed by atoms with van der Waals surface area (Å²) in [6.07, 6.45) is 7.34. The zero-order valence-corrected chi connectivity index (χ0v) is 18.9. The van der Waals surface area contributed by atoms with E-state index in [1.165, 1.54) is 6.42 Å². The molecule has 5 rings (SSSR count). The summed E-state index contributed by atoms with van der Waals surface area (Å²) in [7, 11) is 1.67. The van der Waals surface area contributed by atoms with Gasteiger partial charge < -0.3 is 9.64 Å². The number of aromatic nitrogens is 3. The summed E-state index contributed by atoms with van der Waals surface area (Å²) >= 11 is 0. The van der Waals surface area contributed by atoms with Gasteiger partial charge in [-0.05, 0) is 80.8 Å². The quantitative estimate of drug-likeness (QED) is 0.589. The summed E-state index contributed by atoms with van der Waals surface area (Å²) in [5.74, 6) is 0.881. The van der Waals surface area contributed by atoms with Gasteiger partial charge in [-0.3, -0.25) is 14.9 Å². The number of aryl methyl sites for hydroxylation is 2. The minimum atomic E-state index is -0.0162. The molecule has 2 aliphatic rings. The molecule has 6 heteroatoms. The van der Waals surface area contributed by atoms with E-state index in [-0.39, 0.29) is 11.9 Å². The molecule has 1 N–H and O–H groups in total. The van der Waals surface area contributed by atoms with Gasteiger partial charge in [0.05, 0.1) is 18.8 Å². The minimum absolute atomic E-state index is 0.0162. The van der Waals surface area contributed by atoms with E-state index in [0.717, 1.165) is 84.6 Å². The Morgan fingerprint density at radius 1 is 1.06 bits per heavy atom. The van der Waals surface area contributed by atoms with Crippen molar-refractivity contribution in [2.45, 2.75) is 57.9 Å². The second kappa shape index (κ2) is 8.77. The van der Waals surface area contributed by atoms with Gasteiger partial charge in [0.1, 0.15) is 5.75 Å². The zero-order valence-electron chi connectivity index (χ0n) is 18.9. The van der Waals surface area contributed by atoms with Crippen LogP contribution in [0.1, 0.15) is 71.3 Å². The predicted octanol–water partition coefficient (Wildman–Crippen LogP) is 5.03. The Hall–Kier alpha value is -3.15. The van der Waals surface area contributed by atoms with Crippen LogP contribution in [0.15, 0.2) is 36.4 Å². The van der Waals surface area contributed by atoms with Crippen molar-refractivity contribution in [3.05, 3.63) is 64.7 Å². The van der Waals surface area contributed by atoms with Crippen molar-refractivity contribution in [1.82, 2.24) is 20.1 Å². The number of methoxy groups -OCH3 is 1. The van der Waals surface area contributed by atoms with Gasteiger partial charge in [-0.2, -0.15) is 5.10 Å². The number of likely N-dealkylation sites (tertiary alicyclic amines) is 1. The molecular formula is C26H30N4O2. The van der Waals surface area contributed by atoms with E-state index in [1.54, 1.807) is 7.11 Å². The highest BCUT2D eigenvalue weighted by Gasteiger charge is 2.34. The molecule has 0 radical (unpaired) electrons. The summed E-state index contributed by atoms with van der Waals surface area (Å²) < 4.78 is 5.29. The van der Waals surface area contributed by atoms with Crippen LogP contribution in [0, 0.1) is 6.92 Å². The van der Waals surface area contributed by atoms with Crippen LogP contribution >= 0.6 is 0 Å². The highest BCUT2D eigenvalue weighted by atomic mass is 16.5. The van der Waals surface area contributed by atoms with Crippen molar-refractivity contribution in [3.8, 4) is 16.9 Å². The molecule has 1 fully saturated rings. The topological polar surface area (TPSA) is 71.1 Å². The number of nitrogens with zero attached hydrogens (tertiary/aromatic N) is 3. The molecule has 0 unspecified atom stereocenters. The molecule has 1 atom stereocenters. The molecule has 1 aliphatic heterocycles.